The molecular formula is C13H18F3NO2. The molecule has 1 rings (SSSR count). The minimum absolute atomic E-state index is 0.419. The molecule has 0 aromatic heterocycles. The van der Waals surface area contributed by atoms with Gasteiger partial charge in [-0.3, -0.25) is 0 Å². The molecule has 0 heterocycles. The monoisotopic (exact) mass is 277 g/mol. The highest BCUT2D eigenvalue weighted by molar-refractivity contribution is 5.43. The standard InChI is InChI=1S/C13H18F3NO2/c1-9-5-11(3-4-17)6-10(2)12(9)19-8-18-7-13(14,15)16/h5-6H,3-4,7-8,17H2,1-2H3. The van der Waals surface area contributed by atoms with Crippen molar-refractivity contribution < 1.29 is 22.6 Å². The first-order valence-electron chi connectivity index (χ1n) is 5.91. The van der Waals surface area contributed by atoms with E-state index in [4.69, 9.17) is 10.5 Å². The van der Waals surface area contributed by atoms with E-state index in [-0.39, 0.29) is 0 Å². The van der Waals surface area contributed by atoms with Crippen molar-refractivity contribution in [1.29, 1.82) is 0 Å². The number of hydrogen-bond donors (Lipinski definition) is 1. The van der Waals surface area contributed by atoms with Gasteiger partial charge in [0.1, 0.15) is 12.4 Å². The number of aryl methyl sites for hydroxylation is 2. The molecule has 0 atom stereocenters. The van der Waals surface area contributed by atoms with E-state index in [2.05, 4.69) is 4.74 Å². The molecule has 19 heavy (non-hydrogen) atoms. The summed E-state index contributed by atoms with van der Waals surface area (Å²) in [5, 5.41) is 0. The van der Waals surface area contributed by atoms with Crippen molar-refractivity contribution in [2.75, 3.05) is 19.9 Å². The summed E-state index contributed by atoms with van der Waals surface area (Å²) in [7, 11) is 0. The van der Waals surface area contributed by atoms with E-state index in [1.165, 1.54) is 0 Å². The molecule has 0 saturated heterocycles. The van der Waals surface area contributed by atoms with Crippen LogP contribution in [0.1, 0.15) is 16.7 Å². The fourth-order valence-corrected chi connectivity index (χ4v) is 1.84. The van der Waals surface area contributed by atoms with Gasteiger partial charge in [0.2, 0.25) is 0 Å². The van der Waals surface area contributed by atoms with Crippen LogP contribution in [-0.4, -0.2) is 26.1 Å². The summed E-state index contributed by atoms with van der Waals surface area (Å²) in [5.41, 5.74) is 8.28. The maximum Gasteiger partial charge on any atom is 0.411 e. The summed E-state index contributed by atoms with van der Waals surface area (Å²) >= 11 is 0. The van der Waals surface area contributed by atoms with Crippen LogP contribution in [0.4, 0.5) is 13.2 Å². The summed E-state index contributed by atoms with van der Waals surface area (Å²) in [6.07, 6.45) is -3.58. The number of hydrogen-bond acceptors (Lipinski definition) is 3. The highest BCUT2D eigenvalue weighted by Gasteiger charge is 2.27. The molecule has 0 amide bonds. The molecule has 3 nitrogen and oxygen atoms in total. The van der Waals surface area contributed by atoms with Crippen LogP contribution in [0.25, 0.3) is 0 Å². The number of rotatable bonds is 6. The van der Waals surface area contributed by atoms with Crippen LogP contribution in [-0.2, 0) is 11.2 Å². The smallest absolute Gasteiger partial charge is 0.411 e. The molecule has 1 aromatic carbocycles. The minimum Gasteiger partial charge on any atom is -0.467 e. The number of nitrogens with two attached hydrogens (primary N) is 1. The van der Waals surface area contributed by atoms with Gasteiger partial charge in [-0.1, -0.05) is 12.1 Å². The molecule has 0 fully saturated rings. The van der Waals surface area contributed by atoms with Crippen molar-refractivity contribution >= 4 is 0 Å². The normalized spacial score (nSPS) is 11.7. The Morgan fingerprint density at radius 2 is 1.74 bits per heavy atom. The van der Waals surface area contributed by atoms with Gasteiger partial charge < -0.3 is 15.2 Å². The minimum atomic E-state index is -4.33. The quantitative estimate of drug-likeness (QED) is 0.642. The van der Waals surface area contributed by atoms with E-state index < -0.39 is 19.6 Å². The lowest BCUT2D eigenvalue weighted by Crippen LogP contribution is -2.19. The molecule has 0 bridgehead atoms. The molecule has 2 N–H and O–H groups in total. The lowest BCUT2D eigenvalue weighted by atomic mass is 10.0. The highest BCUT2D eigenvalue weighted by Crippen LogP contribution is 2.25. The van der Waals surface area contributed by atoms with E-state index in [1.54, 1.807) is 0 Å². The SMILES string of the molecule is Cc1cc(CCN)cc(C)c1OCOCC(F)(F)F. The third-order valence-electron chi connectivity index (χ3n) is 2.51. The zero-order valence-electron chi connectivity index (χ0n) is 11.0. The Morgan fingerprint density at radius 1 is 1.16 bits per heavy atom. The van der Waals surface area contributed by atoms with Gasteiger partial charge in [0, 0.05) is 0 Å². The number of alkyl halides is 3. The van der Waals surface area contributed by atoms with Crippen molar-refractivity contribution in [3.05, 3.63) is 28.8 Å². The summed E-state index contributed by atoms with van der Waals surface area (Å²) in [5.74, 6) is 0.558. The molecule has 0 saturated carbocycles. The third kappa shape index (κ3) is 5.48. The Morgan fingerprint density at radius 3 is 2.21 bits per heavy atom. The van der Waals surface area contributed by atoms with Crippen molar-refractivity contribution in [1.82, 2.24) is 0 Å². The maximum atomic E-state index is 11.9. The number of ether oxygens (including phenoxy) is 2. The number of benzene rings is 1. The molecule has 0 unspecified atom stereocenters. The van der Waals surface area contributed by atoms with E-state index >= 15 is 0 Å². The van der Waals surface area contributed by atoms with Crippen LogP contribution in [0.3, 0.4) is 0 Å². The van der Waals surface area contributed by atoms with Gasteiger partial charge in [0.05, 0.1) is 0 Å². The van der Waals surface area contributed by atoms with Gasteiger partial charge in [-0.25, -0.2) is 0 Å². The van der Waals surface area contributed by atoms with Crippen molar-refractivity contribution in [3.8, 4) is 5.75 Å². The molecular weight excluding hydrogens is 259 g/mol. The van der Waals surface area contributed by atoms with E-state index in [1.807, 2.05) is 26.0 Å². The van der Waals surface area contributed by atoms with Crippen LogP contribution >= 0.6 is 0 Å². The van der Waals surface area contributed by atoms with Gasteiger partial charge >= 0.3 is 6.18 Å². The Bertz CT molecular complexity index is 396. The second-order valence-corrected chi connectivity index (χ2v) is 4.32. The van der Waals surface area contributed by atoms with Crippen LogP contribution < -0.4 is 10.5 Å². The summed E-state index contributed by atoms with van der Waals surface area (Å²) in [4.78, 5) is 0. The van der Waals surface area contributed by atoms with Crippen molar-refractivity contribution in [2.24, 2.45) is 5.73 Å². The molecule has 0 aliphatic carbocycles. The van der Waals surface area contributed by atoms with Crippen LogP contribution in [0.5, 0.6) is 5.75 Å². The summed E-state index contributed by atoms with van der Waals surface area (Å²) < 4.78 is 45.3. The van der Waals surface area contributed by atoms with Gasteiger partial charge in [-0.2, -0.15) is 13.2 Å². The lowest BCUT2D eigenvalue weighted by Gasteiger charge is -2.14. The Balaban J connectivity index is 2.59. The predicted octanol–water partition coefficient (Wildman–Crippen LogP) is 2.72. The van der Waals surface area contributed by atoms with E-state index in [0.717, 1.165) is 23.1 Å². The first-order valence-corrected chi connectivity index (χ1v) is 5.91. The molecule has 0 aliphatic rings. The zero-order chi connectivity index (χ0) is 14.5. The number of halogens is 3. The molecule has 1 aromatic rings. The molecule has 6 heteroatoms. The van der Waals surface area contributed by atoms with Gasteiger partial charge in [-0.05, 0) is 43.5 Å². The Kier molecular flexibility index (Phi) is 5.62. The topological polar surface area (TPSA) is 44.5 Å². The zero-order valence-corrected chi connectivity index (χ0v) is 11.0. The Hall–Kier alpha value is -1.27. The largest absolute Gasteiger partial charge is 0.467 e. The Labute approximate surface area is 110 Å². The van der Waals surface area contributed by atoms with Crippen molar-refractivity contribution in [2.45, 2.75) is 26.4 Å². The van der Waals surface area contributed by atoms with Gasteiger partial charge in [0.15, 0.2) is 6.79 Å². The highest BCUT2D eigenvalue weighted by atomic mass is 19.4. The van der Waals surface area contributed by atoms with Gasteiger partial charge in [0.25, 0.3) is 0 Å². The average molecular weight is 277 g/mol. The fraction of sp³-hybridized carbons (Fsp3) is 0.538. The van der Waals surface area contributed by atoms with Crippen LogP contribution in [0.15, 0.2) is 12.1 Å². The lowest BCUT2D eigenvalue weighted by molar-refractivity contribution is -0.186. The third-order valence-corrected chi connectivity index (χ3v) is 2.51. The first-order chi connectivity index (χ1) is 8.83. The molecule has 108 valence electrons. The van der Waals surface area contributed by atoms with E-state index in [9.17, 15) is 13.2 Å². The molecule has 0 radical (unpaired) electrons. The van der Waals surface area contributed by atoms with Crippen molar-refractivity contribution in [3.63, 3.8) is 0 Å². The fourth-order valence-electron chi connectivity index (χ4n) is 1.84. The predicted molar refractivity (Wildman–Crippen MR) is 66.2 cm³/mol. The molecule has 0 spiro atoms. The van der Waals surface area contributed by atoms with Crippen LogP contribution in [0, 0.1) is 13.8 Å². The summed E-state index contributed by atoms with van der Waals surface area (Å²) in [6.45, 7) is 2.50. The first kappa shape index (κ1) is 15.8. The van der Waals surface area contributed by atoms with Gasteiger partial charge in [-0.15, -0.1) is 0 Å². The molecule has 0 aliphatic heterocycles. The average Bonchev–Trinajstić information content (AvgIpc) is 2.26. The second kappa shape index (κ2) is 6.77. The second-order valence-electron chi connectivity index (χ2n) is 4.32. The van der Waals surface area contributed by atoms with E-state index in [0.29, 0.717) is 12.3 Å². The van der Waals surface area contributed by atoms with Crippen LogP contribution in [0.2, 0.25) is 0 Å². The maximum absolute atomic E-state index is 11.9. The summed E-state index contributed by atoms with van der Waals surface area (Å²) in [6, 6.07) is 3.83.